The smallest absolute Gasteiger partial charge is 0.356 e. The zero-order chi connectivity index (χ0) is 13.4. The van der Waals surface area contributed by atoms with Gasteiger partial charge in [-0.15, -0.1) is 0 Å². The van der Waals surface area contributed by atoms with Gasteiger partial charge in [0.1, 0.15) is 0 Å². The second-order valence-corrected chi connectivity index (χ2v) is 3.74. The maximum absolute atomic E-state index is 12.7. The topological polar surface area (TPSA) is 82.2 Å². The Labute approximate surface area is 105 Å². The van der Waals surface area contributed by atoms with E-state index in [-0.39, 0.29) is 11.1 Å². The molecule has 18 heavy (non-hydrogen) atoms. The lowest BCUT2D eigenvalue weighted by molar-refractivity contribution is -0.165. The summed E-state index contributed by atoms with van der Waals surface area (Å²) in [5.74, 6) is -0.741. The Hall–Kier alpha value is -1.29. The fourth-order valence-electron chi connectivity index (χ4n) is 1.47. The van der Waals surface area contributed by atoms with Crippen LogP contribution in [0.2, 0.25) is 0 Å². The number of nitrogens with one attached hydrogen (secondary N) is 3. The average Bonchev–Trinajstić information content (AvgIpc) is 3.10. The van der Waals surface area contributed by atoms with Gasteiger partial charge in [0.25, 0.3) is 0 Å². The van der Waals surface area contributed by atoms with E-state index in [2.05, 4.69) is 28.5 Å². The Morgan fingerprint density at radius 2 is 1.83 bits per heavy atom. The van der Waals surface area contributed by atoms with Crippen LogP contribution in [0.5, 0.6) is 0 Å². The zero-order valence-corrected chi connectivity index (χ0v) is 9.60. The first-order valence-electron chi connectivity index (χ1n) is 4.72. The van der Waals surface area contributed by atoms with Crippen LogP contribution in [0.1, 0.15) is 15.9 Å². The van der Waals surface area contributed by atoms with Crippen LogP contribution in [0, 0.1) is 0 Å². The Morgan fingerprint density at radius 3 is 2.22 bits per heavy atom. The molecule has 2 rings (SSSR count). The fraction of sp³-hybridized carbons (Fsp3) is 0.222. The molecule has 1 saturated heterocycles. The Balaban J connectivity index is 2.21. The highest BCUT2D eigenvalue weighted by Gasteiger charge is 2.65. The lowest BCUT2D eigenvalue weighted by Gasteiger charge is -2.16. The van der Waals surface area contributed by atoms with Crippen molar-refractivity contribution in [1.29, 1.82) is 0 Å². The van der Waals surface area contributed by atoms with Crippen molar-refractivity contribution in [2.24, 2.45) is 0 Å². The van der Waals surface area contributed by atoms with Crippen molar-refractivity contribution in [3.05, 3.63) is 35.4 Å². The second-order valence-electron chi connectivity index (χ2n) is 3.56. The number of rotatable bonds is 3. The molecule has 1 aliphatic rings. The maximum Gasteiger partial charge on any atom is 0.426 e. The van der Waals surface area contributed by atoms with Gasteiger partial charge in [0.2, 0.25) is 5.66 Å². The number of carbonyl (C=O) groups excluding carboxylic acids is 1. The molecule has 0 saturated carbocycles. The van der Waals surface area contributed by atoms with E-state index in [1.807, 2.05) is 4.89 Å². The van der Waals surface area contributed by atoms with Gasteiger partial charge < -0.3 is 4.84 Å². The minimum absolute atomic E-state index is 0.0367. The summed E-state index contributed by atoms with van der Waals surface area (Å²) in [6, 6.07) is 4.85. The van der Waals surface area contributed by atoms with Crippen LogP contribution in [0.15, 0.2) is 24.3 Å². The summed E-state index contributed by atoms with van der Waals surface area (Å²) in [6.07, 6.45) is -4.47. The number of halogens is 3. The van der Waals surface area contributed by atoms with Crippen molar-refractivity contribution in [3.8, 4) is 0 Å². The van der Waals surface area contributed by atoms with Crippen LogP contribution < -0.4 is 15.7 Å². The Morgan fingerprint density at radius 1 is 1.28 bits per heavy atom. The first kappa shape index (κ1) is 13.1. The molecule has 0 atom stereocenters. The van der Waals surface area contributed by atoms with E-state index in [0.717, 1.165) is 0 Å². The van der Waals surface area contributed by atoms with Gasteiger partial charge in [-0.05, 0) is 17.7 Å². The predicted octanol–water partition coefficient (Wildman–Crippen LogP) is 1.02. The highest BCUT2D eigenvalue weighted by molar-refractivity contribution is 7.77. The molecule has 0 bridgehead atoms. The number of hydrazine groups is 1. The molecule has 1 aromatic carbocycles. The van der Waals surface area contributed by atoms with Gasteiger partial charge >= 0.3 is 12.1 Å². The molecular formula is C9H8F3N3O2S. The quantitative estimate of drug-likeness (QED) is 0.377. The number of thiol groups is 1. The van der Waals surface area contributed by atoms with E-state index in [4.69, 9.17) is 0 Å². The lowest BCUT2D eigenvalue weighted by atomic mass is 10.0. The van der Waals surface area contributed by atoms with Gasteiger partial charge in [-0.1, -0.05) is 29.8 Å². The summed E-state index contributed by atoms with van der Waals surface area (Å²) >= 11 is 3.46. The molecule has 3 N–H and O–H groups in total. The number of hydrogen-bond donors (Lipinski definition) is 4. The first-order valence-corrected chi connectivity index (χ1v) is 5.17. The summed E-state index contributed by atoms with van der Waals surface area (Å²) in [5.41, 5.74) is 1.97. The Bertz CT molecular complexity index is 459. The number of benzene rings is 1. The summed E-state index contributed by atoms with van der Waals surface area (Å²) in [6.45, 7) is 0. The molecule has 5 nitrogen and oxygen atoms in total. The molecule has 1 aliphatic heterocycles. The highest BCUT2D eigenvalue weighted by Crippen LogP contribution is 2.41. The highest BCUT2D eigenvalue weighted by atomic mass is 32.1. The van der Waals surface area contributed by atoms with Crippen LogP contribution in [-0.2, 0) is 10.5 Å². The molecule has 1 aromatic rings. The minimum atomic E-state index is -4.47. The van der Waals surface area contributed by atoms with E-state index in [0.29, 0.717) is 0 Å². The van der Waals surface area contributed by atoms with Gasteiger partial charge in [0.05, 0.1) is 5.56 Å². The molecular weight excluding hydrogens is 271 g/mol. The average molecular weight is 279 g/mol. The molecule has 1 fully saturated rings. The molecule has 0 spiro atoms. The molecule has 0 radical (unpaired) electrons. The largest absolute Gasteiger partial charge is 0.426 e. The molecule has 1 heterocycles. The molecule has 98 valence electrons. The summed E-state index contributed by atoms with van der Waals surface area (Å²) in [4.78, 5) is 17.5. The van der Waals surface area contributed by atoms with E-state index in [1.165, 1.54) is 24.3 Å². The third kappa shape index (κ3) is 2.17. The van der Waals surface area contributed by atoms with E-state index in [1.54, 1.807) is 0 Å². The Kier molecular flexibility index (Phi) is 3.23. The molecule has 0 aromatic heterocycles. The number of carbonyl (C=O) groups is 1. The zero-order valence-electron chi connectivity index (χ0n) is 8.71. The molecule has 0 unspecified atom stereocenters. The first-order chi connectivity index (χ1) is 8.40. The minimum Gasteiger partial charge on any atom is -0.356 e. The van der Waals surface area contributed by atoms with Gasteiger partial charge in [-0.3, -0.25) is 0 Å². The van der Waals surface area contributed by atoms with E-state index >= 15 is 0 Å². The third-order valence-electron chi connectivity index (χ3n) is 2.49. The van der Waals surface area contributed by atoms with Crippen molar-refractivity contribution in [2.45, 2.75) is 11.8 Å². The van der Waals surface area contributed by atoms with Crippen molar-refractivity contribution >= 4 is 18.8 Å². The fourth-order valence-corrected chi connectivity index (χ4v) is 1.55. The standard InChI is InChI=1S/C9H8F3N3O2S/c10-9(11,12)8(13-14-8)6-3-1-5(2-4-6)7(16)17-15-18/h1-4,13-15,18H. The van der Waals surface area contributed by atoms with Gasteiger partial charge in [0.15, 0.2) is 0 Å². The summed E-state index contributed by atoms with van der Waals surface area (Å²) in [7, 11) is 0. The van der Waals surface area contributed by atoms with Crippen molar-refractivity contribution in [2.75, 3.05) is 0 Å². The molecule has 9 heteroatoms. The molecule has 0 aliphatic carbocycles. The van der Waals surface area contributed by atoms with Crippen molar-refractivity contribution in [3.63, 3.8) is 0 Å². The summed E-state index contributed by atoms with van der Waals surface area (Å²) < 4.78 is 38.2. The normalized spacial score (nSPS) is 17.3. The molecule has 0 amide bonds. The maximum atomic E-state index is 12.7. The van der Waals surface area contributed by atoms with Crippen molar-refractivity contribution in [1.82, 2.24) is 15.7 Å². The van der Waals surface area contributed by atoms with Crippen LogP contribution in [0.25, 0.3) is 0 Å². The van der Waals surface area contributed by atoms with Gasteiger partial charge in [-0.25, -0.2) is 15.6 Å². The van der Waals surface area contributed by atoms with Crippen LogP contribution in [-0.4, -0.2) is 12.1 Å². The van der Waals surface area contributed by atoms with E-state index in [9.17, 15) is 18.0 Å². The van der Waals surface area contributed by atoms with Crippen molar-refractivity contribution < 1.29 is 22.8 Å². The van der Waals surface area contributed by atoms with Crippen LogP contribution in [0.3, 0.4) is 0 Å². The van der Waals surface area contributed by atoms with Crippen LogP contribution >= 0.6 is 12.8 Å². The third-order valence-corrected chi connectivity index (χ3v) is 2.58. The number of alkyl halides is 3. The van der Waals surface area contributed by atoms with Gasteiger partial charge in [0, 0.05) is 0 Å². The van der Waals surface area contributed by atoms with Crippen LogP contribution in [0.4, 0.5) is 13.2 Å². The second kappa shape index (κ2) is 4.43. The SMILES string of the molecule is O=C(ONS)c1ccc(C2(C(F)(F)F)NN2)cc1. The monoisotopic (exact) mass is 279 g/mol. The van der Waals surface area contributed by atoms with Gasteiger partial charge in [-0.2, -0.15) is 13.2 Å². The summed E-state index contributed by atoms with van der Waals surface area (Å²) in [5, 5.41) is 0. The lowest BCUT2D eigenvalue weighted by Crippen LogP contribution is -2.34. The number of hydrogen-bond acceptors (Lipinski definition) is 6. The van der Waals surface area contributed by atoms with E-state index < -0.39 is 17.8 Å². The predicted molar refractivity (Wildman–Crippen MR) is 58.0 cm³/mol.